The van der Waals surface area contributed by atoms with Crippen molar-refractivity contribution in [2.75, 3.05) is 31.6 Å². The maximum atomic E-state index is 6.16. The molecule has 5 heteroatoms. The summed E-state index contributed by atoms with van der Waals surface area (Å²) in [5.74, 6) is 1.64. The molecule has 1 saturated carbocycles. The van der Waals surface area contributed by atoms with E-state index >= 15 is 0 Å². The van der Waals surface area contributed by atoms with Crippen LogP contribution < -0.4 is 10.1 Å². The van der Waals surface area contributed by atoms with Gasteiger partial charge < -0.3 is 14.8 Å². The number of hydrogen-bond acceptors (Lipinski definition) is 5. The van der Waals surface area contributed by atoms with E-state index in [0.717, 1.165) is 36.8 Å². The van der Waals surface area contributed by atoms with Gasteiger partial charge in [0.25, 0.3) is 0 Å². The zero-order valence-corrected chi connectivity index (χ0v) is 17.0. The van der Waals surface area contributed by atoms with Gasteiger partial charge in [0, 0.05) is 24.9 Å². The summed E-state index contributed by atoms with van der Waals surface area (Å²) in [6.45, 7) is 5.45. The molecule has 3 atom stereocenters. The summed E-state index contributed by atoms with van der Waals surface area (Å²) < 4.78 is 11.9. The van der Waals surface area contributed by atoms with E-state index in [4.69, 9.17) is 14.5 Å². The summed E-state index contributed by atoms with van der Waals surface area (Å²) in [6.07, 6.45) is 4.89. The highest BCUT2D eigenvalue weighted by molar-refractivity contribution is 5.75. The van der Waals surface area contributed by atoms with Gasteiger partial charge in [-0.15, -0.1) is 0 Å². The van der Waals surface area contributed by atoms with Crippen LogP contribution in [0.4, 0.5) is 11.4 Å². The first-order valence-corrected chi connectivity index (χ1v) is 10.7. The predicted molar refractivity (Wildman–Crippen MR) is 116 cm³/mol. The number of nitrogens with zero attached hydrogens (tertiary/aromatic N) is 2. The number of ether oxygens (including phenoxy) is 2. The van der Waals surface area contributed by atoms with E-state index in [0.29, 0.717) is 12.5 Å². The highest BCUT2D eigenvalue weighted by Crippen LogP contribution is 2.39. The standard InChI is InChI=1S/C24H29N3O2/c1-17-15-27(12-13-28-17)22-16-29-23-9-5-2-6-19(23)24(22)26-21-8-4-3-7-20(21)25-14-18-10-11-18/h2-9,14,17-18,22,24,26H,10-13,15-16H2,1H3/t17-,22+,24+/m1/s1. The molecule has 152 valence electrons. The minimum atomic E-state index is 0.141. The Hall–Kier alpha value is -2.37. The molecule has 0 bridgehead atoms. The third kappa shape index (κ3) is 4.16. The van der Waals surface area contributed by atoms with Crippen molar-refractivity contribution in [3.63, 3.8) is 0 Å². The first kappa shape index (κ1) is 18.6. The van der Waals surface area contributed by atoms with Crippen molar-refractivity contribution in [1.29, 1.82) is 0 Å². The van der Waals surface area contributed by atoms with E-state index < -0.39 is 0 Å². The molecule has 1 N–H and O–H groups in total. The maximum Gasteiger partial charge on any atom is 0.124 e. The van der Waals surface area contributed by atoms with Gasteiger partial charge in [-0.2, -0.15) is 0 Å². The van der Waals surface area contributed by atoms with Gasteiger partial charge in [0.2, 0.25) is 0 Å². The molecule has 0 spiro atoms. The second-order valence-electron chi connectivity index (χ2n) is 8.35. The lowest BCUT2D eigenvalue weighted by Gasteiger charge is -2.44. The average Bonchev–Trinajstić information content (AvgIpc) is 3.58. The van der Waals surface area contributed by atoms with Gasteiger partial charge in [-0.1, -0.05) is 30.3 Å². The number of nitrogens with one attached hydrogen (secondary N) is 1. The molecule has 2 fully saturated rings. The maximum absolute atomic E-state index is 6.16. The van der Waals surface area contributed by atoms with Crippen LogP contribution in [0.1, 0.15) is 31.4 Å². The molecule has 0 aromatic heterocycles. The molecular formula is C24H29N3O2. The minimum absolute atomic E-state index is 0.141. The largest absolute Gasteiger partial charge is 0.491 e. The third-order valence-electron chi connectivity index (χ3n) is 6.05. The number of morpholine rings is 1. The molecule has 29 heavy (non-hydrogen) atoms. The Balaban J connectivity index is 1.46. The van der Waals surface area contributed by atoms with Gasteiger partial charge in [0.15, 0.2) is 0 Å². The summed E-state index contributed by atoms with van der Waals surface area (Å²) in [5.41, 5.74) is 3.30. The van der Waals surface area contributed by atoms with Crippen LogP contribution in [0.5, 0.6) is 5.75 Å². The van der Waals surface area contributed by atoms with Crippen molar-refractivity contribution in [1.82, 2.24) is 4.90 Å². The zero-order chi connectivity index (χ0) is 19.6. The van der Waals surface area contributed by atoms with Crippen LogP contribution in [0.3, 0.4) is 0 Å². The molecule has 1 aliphatic carbocycles. The fourth-order valence-electron chi connectivity index (χ4n) is 4.29. The van der Waals surface area contributed by atoms with E-state index in [1.807, 2.05) is 6.07 Å². The van der Waals surface area contributed by atoms with Gasteiger partial charge in [-0.05, 0) is 43.9 Å². The Morgan fingerprint density at radius 1 is 1.10 bits per heavy atom. The third-order valence-corrected chi connectivity index (χ3v) is 6.05. The van der Waals surface area contributed by atoms with Crippen LogP contribution in [-0.2, 0) is 4.74 Å². The molecule has 2 heterocycles. The first-order chi connectivity index (χ1) is 14.3. The number of fused-ring (bicyclic) bond motifs is 1. The Labute approximate surface area is 172 Å². The van der Waals surface area contributed by atoms with Crippen LogP contribution in [0.2, 0.25) is 0 Å². The van der Waals surface area contributed by atoms with Gasteiger partial charge >= 0.3 is 0 Å². The Kier molecular flexibility index (Phi) is 5.25. The molecule has 0 radical (unpaired) electrons. The fraction of sp³-hybridized carbons (Fsp3) is 0.458. The molecule has 2 aliphatic heterocycles. The van der Waals surface area contributed by atoms with E-state index in [9.17, 15) is 0 Å². The van der Waals surface area contributed by atoms with Crippen LogP contribution in [-0.4, -0.2) is 49.6 Å². The molecule has 5 rings (SSSR count). The monoisotopic (exact) mass is 391 g/mol. The quantitative estimate of drug-likeness (QED) is 0.766. The molecule has 0 amide bonds. The van der Waals surface area contributed by atoms with E-state index in [1.165, 1.54) is 18.4 Å². The molecule has 1 saturated heterocycles. The fourth-order valence-corrected chi connectivity index (χ4v) is 4.29. The second-order valence-corrected chi connectivity index (χ2v) is 8.35. The number of para-hydroxylation sites is 3. The highest BCUT2D eigenvalue weighted by Gasteiger charge is 2.37. The second kappa shape index (κ2) is 8.17. The molecule has 3 aliphatic rings. The van der Waals surface area contributed by atoms with Crippen LogP contribution >= 0.6 is 0 Å². The molecule has 2 aromatic carbocycles. The van der Waals surface area contributed by atoms with Crippen molar-refractivity contribution in [3.05, 3.63) is 54.1 Å². The van der Waals surface area contributed by atoms with Crippen molar-refractivity contribution in [3.8, 4) is 5.75 Å². The summed E-state index contributed by atoms with van der Waals surface area (Å²) in [5, 5.41) is 3.84. The summed E-state index contributed by atoms with van der Waals surface area (Å²) >= 11 is 0. The lowest BCUT2D eigenvalue weighted by Crippen LogP contribution is -2.54. The van der Waals surface area contributed by atoms with Gasteiger partial charge in [-0.25, -0.2) is 0 Å². The van der Waals surface area contributed by atoms with Gasteiger partial charge in [-0.3, -0.25) is 9.89 Å². The van der Waals surface area contributed by atoms with Gasteiger partial charge in [0.1, 0.15) is 12.4 Å². The van der Waals surface area contributed by atoms with E-state index in [-0.39, 0.29) is 18.2 Å². The number of hydrogen-bond donors (Lipinski definition) is 1. The van der Waals surface area contributed by atoms with Crippen LogP contribution in [0.15, 0.2) is 53.5 Å². The topological polar surface area (TPSA) is 46.1 Å². The van der Waals surface area contributed by atoms with Crippen LogP contribution in [0.25, 0.3) is 0 Å². The van der Waals surface area contributed by atoms with E-state index in [2.05, 4.69) is 65.8 Å². The molecular weight excluding hydrogens is 362 g/mol. The Morgan fingerprint density at radius 2 is 1.93 bits per heavy atom. The van der Waals surface area contributed by atoms with Gasteiger partial charge in [0.05, 0.1) is 36.2 Å². The number of aliphatic imine (C=N–C) groups is 1. The Morgan fingerprint density at radius 3 is 2.79 bits per heavy atom. The molecule has 0 unspecified atom stereocenters. The smallest absolute Gasteiger partial charge is 0.124 e. The summed E-state index contributed by atoms with van der Waals surface area (Å²) in [4.78, 5) is 7.30. The number of rotatable bonds is 5. The zero-order valence-electron chi connectivity index (χ0n) is 17.0. The lowest BCUT2D eigenvalue weighted by atomic mass is 9.94. The number of anilines is 1. The first-order valence-electron chi connectivity index (χ1n) is 10.7. The SMILES string of the molecule is C[C@@H]1CN([C@H]2COc3ccccc3[C@@H]2Nc2ccccc2N=CC2CC2)CCO1. The predicted octanol–water partition coefficient (Wildman–Crippen LogP) is 4.43. The van der Waals surface area contributed by atoms with Crippen molar-refractivity contribution in [2.24, 2.45) is 10.9 Å². The summed E-state index contributed by atoms with van der Waals surface area (Å²) in [6, 6.07) is 17.1. The van der Waals surface area contributed by atoms with Crippen molar-refractivity contribution in [2.45, 2.75) is 38.0 Å². The summed E-state index contributed by atoms with van der Waals surface area (Å²) in [7, 11) is 0. The van der Waals surface area contributed by atoms with Crippen molar-refractivity contribution >= 4 is 17.6 Å². The van der Waals surface area contributed by atoms with E-state index in [1.54, 1.807) is 0 Å². The normalized spacial score (nSPS) is 27.4. The number of benzene rings is 2. The molecule has 2 aromatic rings. The van der Waals surface area contributed by atoms with Crippen molar-refractivity contribution < 1.29 is 9.47 Å². The van der Waals surface area contributed by atoms with Crippen LogP contribution in [0, 0.1) is 5.92 Å². The highest BCUT2D eigenvalue weighted by atomic mass is 16.5. The average molecular weight is 392 g/mol. The molecule has 5 nitrogen and oxygen atoms in total. The Bertz CT molecular complexity index is 880. The minimum Gasteiger partial charge on any atom is -0.491 e. The lowest BCUT2D eigenvalue weighted by molar-refractivity contribution is -0.0465.